The molecule has 0 bridgehead atoms. The van der Waals surface area contributed by atoms with E-state index >= 15 is 0 Å². The third kappa shape index (κ3) is 3.17. The van der Waals surface area contributed by atoms with Crippen molar-refractivity contribution < 1.29 is 27.4 Å². The second-order valence-corrected chi connectivity index (χ2v) is 5.89. The van der Waals surface area contributed by atoms with Crippen molar-refractivity contribution in [2.75, 3.05) is 11.8 Å². The molecule has 8 heteroatoms. The fraction of sp³-hybridized carbons (Fsp3) is 0.0714. The largest absolute Gasteiger partial charge is 0.545 e. The summed E-state index contributed by atoms with van der Waals surface area (Å²) in [4.78, 5) is 9.99. The van der Waals surface area contributed by atoms with Gasteiger partial charge in [0, 0.05) is 0 Å². The first-order valence-corrected chi connectivity index (χ1v) is 7.50. The Balaban J connectivity index is 2.47. The second-order valence-electron chi connectivity index (χ2n) is 4.24. The standard InChI is InChI=1S/C14H12FNO5S/c1-21-12-5-3-2-4-11(12)16-22(19,20)13-8-9(14(17)18)6-7-10(13)15/h2-8,16H,1H3,(H,17,18)/p-1. The first-order valence-electron chi connectivity index (χ1n) is 6.02. The summed E-state index contributed by atoms with van der Waals surface area (Å²) >= 11 is 0. The Morgan fingerprint density at radius 2 is 1.91 bits per heavy atom. The fourth-order valence-electron chi connectivity index (χ4n) is 1.76. The lowest BCUT2D eigenvalue weighted by molar-refractivity contribution is -0.255. The molecule has 0 spiro atoms. The summed E-state index contributed by atoms with van der Waals surface area (Å²) in [7, 11) is -2.98. The molecule has 0 atom stereocenters. The Labute approximate surface area is 126 Å². The SMILES string of the molecule is COc1ccccc1NS(=O)(=O)c1cc(C(=O)[O-])ccc1F. The molecule has 0 aliphatic heterocycles. The topological polar surface area (TPSA) is 95.5 Å². The number of benzene rings is 2. The maximum Gasteiger partial charge on any atom is 0.264 e. The molecule has 2 rings (SSSR count). The van der Waals surface area contributed by atoms with E-state index in [0.29, 0.717) is 6.07 Å². The minimum Gasteiger partial charge on any atom is -0.545 e. The van der Waals surface area contributed by atoms with Crippen LogP contribution in [0.15, 0.2) is 47.4 Å². The lowest BCUT2D eigenvalue weighted by Crippen LogP contribution is -2.23. The smallest absolute Gasteiger partial charge is 0.264 e. The molecule has 2 aromatic rings. The van der Waals surface area contributed by atoms with Gasteiger partial charge in [-0.1, -0.05) is 18.2 Å². The summed E-state index contributed by atoms with van der Waals surface area (Å²) in [5, 5.41) is 10.8. The van der Waals surface area contributed by atoms with E-state index in [1.165, 1.54) is 19.2 Å². The van der Waals surface area contributed by atoms with Crippen LogP contribution in [0.5, 0.6) is 5.75 Å². The monoisotopic (exact) mass is 324 g/mol. The number of carbonyl (C=O) groups is 1. The minimum atomic E-state index is -4.33. The van der Waals surface area contributed by atoms with Gasteiger partial charge in [0.15, 0.2) is 0 Å². The number of carboxylic acid groups (broad SMARTS) is 1. The van der Waals surface area contributed by atoms with Crippen LogP contribution in [0.3, 0.4) is 0 Å². The van der Waals surface area contributed by atoms with E-state index in [2.05, 4.69) is 4.72 Å². The molecule has 0 radical (unpaired) electrons. The van der Waals surface area contributed by atoms with Crippen molar-refractivity contribution in [3.05, 3.63) is 53.8 Å². The van der Waals surface area contributed by atoms with Crippen molar-refractivity contribution in [3.63, 3.8) is 0 Å². The quantitative estimate of drug-likeness (QED) is 0.885. The molecule has 0 fully saturated rings. The number of methoxy groups -OCH3 is 1. The van der Waals surface area contributed by atoms with Gasteiger partial charge < -0.3 is 14.6 Å². The van der Waals surface area contributed by atoms with Crippen molar-refractivity contribution in [1.29, 1.82) is 0 Å². The van der Waals surface area contributed by atoms with Gasteiger partial charge in [0.2, 0.25) is 0 Å². The zero-order valence-electron chi connectivity index (χ0n) is 11.4. The number of carbonyl (C=O) groups excluding carboxylic acids is 1. The molecule has 0 aromatic heterocycles. The summed E-state index contributed by atoms with van der Waals surface area (Å²) in [5.41, 5.74) is -0.343. The molecule has 0 aliphatic carbocycles. The molecule has 0 saturated heterocycles. The number of hydrogen-bond acceptors (Lipinski definition) is 5. The maximum absolute atomic E-state index is 13.8. The van der Waals surface area contributed by atoms with Gasteiger partial charge in [0.1, 0.15) is 16.5 Å². The highest BCUT2D eigenvalue weighted by Gasteiger charge is 2.21. The predicted octanol–water partition coefficient (Wildman–Crippen LogP) is 0.999. The van der Waals surface area contributed by atoms with Crippen LogP contribution in [-0.4, -0.2) is 21.5 Å². The van der Waals surface area contributed by atoms with Gasteiger partial charge in [-0.15, -0.1) is 0 Å². The minimum absolute atomic E-state index is 0.100. The van der Waals surface area contributed by atoms with Gasteiger partial charge in [-0.3, -0.25) is 4.72 Å². The molecule has 6 nitrogen and oxygen atoms in total. The summed E-state index contributed by atoms with van der Waals surface area (Å²) in [6.07, 6.45) is 0. The molecule has 22 heavy (non-hydrogen) atoms. The molecular weight excluding hydrogens is 313 g/mol. The number of halogens is 1. The molecule has 0 heterocycles. The van der Waals surface area contributed by atoms with Gasteiger partial charge in [0.25, 0.3) is 10.0 Å². The number of para-hydroxylation sites is 2. The van der Waals surface area contributed by atoms with Crippen molar-refractivity contribution in [2.45, 2.75) is 4.90 Å². The van der Waals surface area contributed by atoms with E-state index in [4.69, 9.17) is 4.74 Å². The molecule has 116 valence electrons. The summed E-state index contributed by atoms with van der Waals surface area (Å²) < 4.78 is 45.4. The van der Waals surface area contributed by atoms with E-state index in [1.807, 2.05) is 0 Å². The number of aromatic carboxylic acids is 1. The first-order chi connectivity index (χ1) is 10.3. The lowest BCUT2D eigenvalue weighted by atomic mass is 10.2. The summed E-state index contributed by atoms with van der Waals surface area (Å²) in [6.45, 7) is 0. The molecule has 2 aromatic carbocycles. The highest BCUT2D eigenvalue weighted by molar-refractivity contribution is 7.92. The highest BCUT2D eigenvalue weighted by atomic mass is 32.2. The molecule has 0 aliphatic rings. The first kappa shape index (κ1) is 15.8. The van der Waals surface area contributed by atoms with E-state index < -0.39 is 32.3 Å². The molecule has 1 N–H and O–H groups in total. The zero-order valence-corrected chi connectivity index (χ0v) is 12.2. The summed E-state index contributed by atoms with van der Waals surface area (Å²) in [6, 6.07) is 8.52. The number of hydrogen-bond donors (Lipinski definition) is 1. The van der Waals surface area contributed by atoms with Crippen LogP contribution < -0.4 is 14.6 Å². The fourth-order valence-corrected chi connectivity index (χ4v) is 2.94. The van der Waals surface area contributed by atoms with Gasteiger partial charge >= 0.3 is 0 Å². The van der Waals surface area contributed by atoms with Crippen LogP contribution in [0.2, 0.25) is 0 Å². The zero-order chi connectivity index (χ0) is 16.3. The Hall–Kier alpha value is -2.61. The van der Waals surface area contributed by atoms with E-state index in [1.54, 1.807) is 12.1 Å². The molecule has 0 amide bonds. The summed E-state index contributed by atoms with van der Waals surface area (Å²) in [5.74, 6) is -2.44. The van der Waals surface area contributed by atoms with Crippen molar-refractivity contribution >= 4 is 21.7 Å². The Morgan fingerprint density at radius 3 is 2.55 bits per heavy atom. The average molecular weight is 324 g/mol. The number of ether oxygens (including phenoxy) is 1. The van der Waals surface area contributed by atoms with Gasteiger partial charge in [-0.2, -0.15) is 0 Å². The second kappa shape index (κ2) is 6.02. The Morgan fingerprint density at radius 1 is 1.23 bits per heavy atom. The van der Waals surface area contributed by atoms with Crippen LogP contribution in [0.4, 0.5) is 10.1 Å². The number of nitrogens with one attached hydrogen (secondary N) is 1. The van der Waals surface area contributed by atoms with Crippen LogP contribution in [0.25, 0.3) is 0 Å². The van der Waals surface area contributed by atoms with Gasteiger partial charge in [-0.05, 0) is 29.8 Å². The number of carboxylic acids is 1. The van der Waals surface area contributed by atoms with Crippen molar-refractivity contribution in [3.8, 4) is 5.75 Å². The van der Waals surface area contributed by atoms with Gasteiger partial charge in [0.05, 0.1) is 18.8 Å². The molecular formula is C14H11FNO5S-. The van der Waals surface area contributed by atoms with E-state index in [0.717, 1.165) is 12.1 Å². The molecule has 0 unspecified atom stereocenters. The van der Waals surface area contributed by atoms with E-state index in [-0.39, 0.29) is 11.4 Å². The third-order valence-corrected chi connectivity index (χ3v) is 4.19. The van der Waals surface area contributed by atoms with Crippen LogP contribution in [-0.2, 0) is 10.0 Å². The molecule has 0 saturated carbocycles. The Kier molecular flexibility index (Phi) is 4.32. The van der Waals surface area contributed by atoms with Crippen LogP contribution >= 0.6 is 0 Å². The normalized spacial score (nSPS) is 11.0. The highest BCUT2D eigenvalue weighted by Crippen LogP contribution is 2.27. The van der Waals surface area contributed by atoms with Crippen LogP contribution in [0.1, 0.15) is 10.4 Å². The average Bonchev–Trinajstić information content (AvgIpc) is 2.47. The van der Waals surface area contributed by atoms with Gasteiger partial charge in [-0.25, -0.2) is 12.8 Å². The van der Waals surface area contributed by atoms with E-state index in [9.17, 15) is 22.7 Å². The Bertz CT molecular complexity index is 820. The van der Waals surface area contributed by atoms with Crippen molar-refractivity contribution in [2.24, 2.45) is 0 Å². The number of sulfonamides is 1. The third-order valence-electron chi connectivity index (χ3n) is 2.81. The number of anilines is 1. The predicted molar refractivity (Wildman–Crippen MR) is 74.5 cm³/mol. The maximum atomic E-state index is 13.8. The van der Waals surface area contributed by atoms with Crippen molar-refractivity contribution in [1.82, 2.24) is 0 Å². The number of rotatable bonds is 5. The lowest BCUT2D eigenvalue weighted by Gasteiger charge is -2.13. The van der Waals surface area contributed by atoms with Crippen LogP contribution in [0, 0.1) is 5.82 Å².